The highest BCUT2D eigenvalue weighted by Crippen LogP contribution is 2.39. The molecular formula is C11H13NO4. The first-order valence-electron chi connectivity index (χ1n) is 5.10. The van der Waals surface area contributed by atoms with Gasteiger partial charge in [-0.25, -0.2) is 0 Å². The van der Waals surface area contributed by atoms with Gasteiger partial charge in [-0.05, 0) is 0 Å². The van der Waals surface area contributed by atoms with E-state index in [1.165, 1.54) is 0 Å². The summed E-state index contributed by atoms with van der Waals surface area (Å²) in [4.78, 5) is 22.8. The van der Waals surface area contributed by atoms with Crippen LogP contribution in [0.15, 0.2) is 24.8 Å². The van der Waals surface area contributed by atoms with Crippen LogP contribution in [0.5, 0.6) is 0 Å². The van der Waals surface area contributed by atoms with E-state index in [-0.39, 0.29) is 5.91 Å². The van der Waals surface area contributed by atoms with Crippen molar-refractivity contribution in [1.82, 2.24) is 5.32 Å². The monoisotopic (exact) mass is 223 g/mol. The molecule has 0 aromatic heterocycles. The van der Waals surface area contributed by atoms with Crippen LogP contribution in [0.1, 0.15) is 0 Å². The van der Waals surface area contributed by atoms with E-state index >= 15 is 0 Å². The molecule has 16 heavy (non-hydrogen) atoms. The molecule has 2 aliphatic heterocycles. The molecule has 1 amide bonds. The summed E-state index contributed by atoms with van der Waals surface area (Å²) in [6, 6.07) is 0. The molecule has 0 unspecified atom stereocenters. The van der Waals surface area contributed by atoms with Gasteiger partial charge >= 0.3 is 5.97 Å². The summed E-state index contributed by atoms with van der Waals surface area (Å²) in [5, 5.41) is 11.7. The fraction of sp³-hybridized carbons (Fsp3) is 0.455. The van der Waals surface area contributed by atoms with Crippen molar-refractivity contribution in [2.45, 2.75) is 12.2 Å². The van der Waals surface area contributed by atoms with Crippen LogP contribution in [-0.2, 0) is 14.3 Å². The van der Waals surface area contributed by atoms with Gasteiger partial charge < -0.3 is 15.2 Å². The number of hydrogen-bond donors (Lipinski definition) is 2. The van der Waals surface area contributed by atoms with E-state index in [1.54, 1.807) is 18.2 Å². The third-order valence-corrected chi connectivity index (χ3v) is 2.91. The summed E-state index contributed by atoms with van der Waals surface area (Å²) in [6.45, 7) is 3.82. The average molecular weight is 223 g/mol. The topological polar surface area (TPSA) is 75.6 Å². The van der Waals surface area contributed by atoms with Gasteiger partial charge in [-0.2, -0.15) is 0 Å². The third-order valence-electron chi connectivity index (χ3n) is 2.91. The number of rotatable bonds is 4. The van der Waals surface area contributed by atoms with Crippen molar-refractivity contribution in [3.05, 3.63) is 24.8 Å². The van der Waals surface area contributed by atoms with Crippen molar-refractivity contribution in [1.29, 1.82) is 0 Å². The molecule has 4 atom stereocenters. The number of nitrogens with one attached hydrogen (secondary N) is 1. The molecule has 2 heterocycles. The predicted molar refractivity (Wildman–Crippen MR) is 55.6 cm³/mol. The van der Waals surface area contributed by atoms with E-state index in [9.17, 15) is 9.59 Å². The van der Waals surface area contributed by atoms with Crippen LogP contribution in [0, 0.1) is 11.8 Å². The van der Waals surface area contributed by atoms with Crippen molar-refractivity contribution >= 4 is 11.9 Å². The minimum absolute atomic E-state index is 0.288. The van der Waals surface area contributed by atoms with Gasteiger partial charge in [-0.3, -0.25) is 9.59 Å². The molecule has 0 aromatic carbocycles. The van der Waals surface area contributed by atoms with E-state index < -0.39 is 30.0 Å². The number of amides is 1. The Morgan fingerprint density at radius 2 is 2.00 bits per heavy atom. The van der Waals surface area contributed by atoms with Crippen molar-refractivity contribution < 1.29 is 19.4 Å². The van der Waals surface area contributed by atoms with Crippen molar-refractivity contribution in [2.75, 3.05) is 6.54 Å². The molecule has 5 nitrogen and oxygen atoms in total. The molecule has 0 aromatic rings. The zero-order chi connectivity index (χ0) is 11.7. The van der Waals surface area contributed by atoms with Gasteiger partial charge in [0.2, 0.25) is 5.91 Å². The maximum Gasteiger partial charge on any atom is 0.310 e. The number of carboxylic acid groups (broad SMARTS) is 1. The Labute approximate surface area is 92.8 Å². The standard InChI is InChI=1S/C11H13NO4/c1-2-5-12-10(13)8-6-3-4-7(16-6)9(8)11(14)15/h2-4,6-9H,1,5H2,(H,12,13)(H,14,15)/t6-,7-,8+,9+/m1/s1. The predicted octanol–water partition coefficient (Wildman–Crippen LogP) is -0.0572. The first-order chi connectivity index (χ1) is 7.65. The lowest BCUT2D eigenvalue weighted by Crippen LogP contribution is -2.42. The van der Waals surface area contributed by atoms with Crippen molar-refractivity contribution in [2.24, 2.45) is 11.8 Å². The summed E-state index contributed by atoms with van der Waals surface area (Å²) < 4.78 is 5.38. The number of ether oxygens (including phenoxy) is 1. The molecular weight excluding hydrogens is 210 g/mol. The van der Waals surface area contributed by atoms with Crippen LogP contribution in [0.2, 0.25) is 0 Å². The van der Waals surface area contributed by atoms with Gasteiger partial charge in [0.1, 0.15) is 5.92 Å². The molecule has 0 saturated carbocycles. The summed E-state index contributed by atoms with van der Waals surface area (Å²) in [5.74, 6) is -2.69. The van der Waals surface area contributed by atoms with Gasteiger partial charge in [-0.15, -0.1) is 6.58 Å². The fourth-order valence-electron chi connectivity index (χ4n) is 2.21. The van der Waals surface area contributed by atoms with Gasteiger partial charge in [0, 0.05) is 6.54 Å². The number of carbonyl (C=O) groups excluding carboxylic acids is 1. The highest BCUT2D eigenvalue weighted by Gasteiger charge is 2.52. The largest absolute Gasteiger partial charge is 0.481 e. The Balaban J connectivity index is 2.13. The maximum absolute atomic E-state index is 11.8. The lowest BCUT2D eigenvalue weighted by molar-refractivity contribution is -0.146. The van der Waals surface area contributed by atoms with E-state index in [4.69, 9.17) is 9.84 Å². The van der Waals surface area contributed by atoms with Gasteiger partial charge in [0.25, 0.3) is 0 Å². The van der Waals surface area contributed by atoms with Crippen molar-refractivity contribution in [3.8, 4) is 0 Å². The second-order valence-electron chi connectivity index (χ2n) is 3.87. The van der Waals surface area contributed by atoms with Crippen LogP contribution in [0.25, 0.3) is 0 Å². The Hall–Kier alpha value is -1.62. The fourth-order valence-corrected chi connectivity index (χ4v) is 2.21. The average Bonchev–Trinajstić information content (AvgIpc) is 2.84. The zero-order valence-electron chi connectivity index (χ0n) is 8.63. The first kappa shape index (κ1) is 10.9. The molecule has 1 fully saturated rings. The number of carbonyl (C=O) groups is 2. The molecule has 86 valence electrons. The van der Waals surface area contributed by atoms with E-state index in [0.29, 0.717) is 6.54 Å². The summed E-state index contributed by atoms with van der Waals surface area (Å²) in [5.41, 5.74) is 0. The Kier molecular flexibility index (Phi) is 2.78. The number of hydrogen-bond acceptors (Lipinski definition) is 3. The molecule has 2 bridgehead atoms. The Bertz CT molecular complexity index is 363. The van der Waals surface area contributed by atoms with Crippen LogP contribution < -0.4 is 5.32 Å². The summed E-state index contributed by atoms with van der Waals surface area (Å²) >= 11 is 0. The SMILES string of the molecule is C=CCNC(=O)[C@@H]1[C@@H](C(=O)O)[C@H]2C=C[C@H]1O2. The van der Waals surface area contributed by atoms with Gasteiger partial charge in [0.15, 0.2) is 0 Å². The minimum Gasteiger partial charge on any atom is -0.481 e. The number of carboxylic acids is 1. The van der Waals surface area contributed by atoms with Crippen LogP contribution in [0.4, 0.5) is 0 Å². The van der Waals surface area contributed by atoms with Crippen LogP contribution >= 0.6 is 0 Å². The second kappa shape index (κ2) is 4.09. The third kappa shape index (κ3) is 1.63. The highest BCUT2D eigenvalue weighted by molar-refractivity contribution is 5.87. The van der Waals surface area contributed by atoms with E-state index in [2.05, 4.69) is 11.9 Å². The molecule has 0 radical (unpaired) electrons. The molecule has 5 heteroatoms. The maximum atomic E-state index is 11.8. The quantitative estimate of drug-likeness (QED) is 0.655. The summed E-state index contributed by atoms with van der Waals surface area (Å²) in [6.07, 6.45) is 4.14. The van der Waals surface area contributed by atoms with E-state index in [0.717, 1.165) is 0 Å². The Morgan fingerprint density at radius 3 is 2.56 bits per heavy atom. The first-order valence-corrected chi connectivity index (χ1v) is 5.10. The molecule has 1 saturated heterocycles. The summed E-state index contributed by atoms with van der Waals surface area (Å²) in [7, 11) is 0. The van der Waals surface area contributed by atoms with E-state index in [1.807, 2.05) is 0 Å². The number of aliphatic carboxylic acids is 1. The van der Waals surface area contributed by atoms with Gasteiger partial charge in [-0.1, -0.05) is 18.2 Å². The highest BCUT2D eigenvalue weighted by atomic mass is 16.5. The van der Waals surface area contributed by atoms with Gasteiger partial charge in [0.05, 0.1) is 18.1 Å². The lowest BCUT2D eigenvalue weighted by Gasteiger charge is -2.20. The van der Waals surface area contributed by atoms with Crippen molar-refractivity contribution in [3.63, 3.8) is 0 Å². The lowest BCUT2D eigenvalue weighted by atomic mass is 9.82. The smallest absolute Gasteiger partial charge is 0.310 e. The van der Waals surface area contributed by atoms with Crippen LogP contribution in [-0.4, -0.2) is 35.7 Å². The minimum atomic E-state index is -0.990. The molecule has 0 aliphatic carbocycles. The molecule has 0 spiro atoms. The number of fused-ring (bicyclic) bond motifs is 2. The zero-order valence-corrected chi connectivity index (χ0v) is 8.63. The van der Waals surface area contributed by atoms with Crippen LogP contribution in [0.3, 0.4) is 0 Å². The molecule has 2 N–H and O–H groups in total. The normalized spacial score (nSPS) is 35.0. The molecule has 2 aliphatic rings. The molecule has 2 rings (SSSR count). The Morgan fingerprint density at radius 1 is 1.38 bits per heavy atom. The second-order valence-corrected chi connectivity index (χ2v) is 3.87.